The van der Waals surface area contributed by atoms with Gasteiger partial charge in [-0.1, -0.05) is 55.5 Å². The van der Waals surface area contributed by atoms with E-state index in [-0.39, 0.29) is 11.6 Å². The number of nitrogens with two attached hydrogens (primary N) is 1. The molecule has 2 aromatic carbocycles. The number of hydrogen-bond acceptors (Lipinski definition) is 3. The first kappa shape index (κ1) is 20.1. The Labute approximate surface area is 177 Å². The molecule has 154 valence electrons. The lowest BCUT2D eigenvalue weighted by molar-refractivity contribution is 0.0973. The van der Waals surface area contributed by atoms with E-state index >= 15 is 0 Å². The zero-order chi connectivity index (χ0) is 21.1. The topological polar surface area (TPSA) is 84.8 Å². The molecule has 1 heterocycles. The Hall–Kier alpha value is -3.21. The Balaban J connectivity index is 1.67. The fraction of sp³-hybridized carbons (Fsp3) is 0.320. The normalized spacial score (nSPS) is 13.7. The summed E-state index contributed by atoms with van der Waals surface area (Å²) in [7, 11) is 0. The first-order valence-corrected chi connectivity index (χ1v) is 10.7. The monoisotopic (exact) mass is 400 g/mol. The van der Waals surface area contributed by atoms with Crippen LogP contribution in [0, 0.1) is 5.41 Å². The number of carbonyl (C=O) groups excluding carboxylic acids is 1. The van der Waals surface area contributed by atoms with Gasteiger partial charge in [-0.2, -0.15) is 0 Å². The molecule has 3 aromatic rings. The van der Waals surface area contributed by atoms with Crippen LogP contribution >= 0.6 is 0 Å². The van der Waals surface area contributed by atoms with E-state index < -0.39 is 0 Å². The van der Waals surface area contributed by atoms with E-state index in [0.29, 0.717) is 13.0 Å². The van der Waals surface area contributed by atoms with Gasteiger partial charge in [0.2, 0.25) is 0 Å². The summed E-state index contributed by atoms with van der Waals surface area (Å²) in [6, 6.07) is 16.0. The van der Waals surface area contributed by atoms with E-state index in [1.54, 1.807) is 0 Å². The number of nitrogens with zero attached hydrogens (tertiary/aromatic N) is 2. The first-order chi connectivity index (χ1) is 14.6. The molecule has 0 radical (unpaired) electrons. The van der Waals surface area contributed by atoms with E-state index in [2.05, 4.69) is 35.8 Å². The fourth-order valence-corrected chi connectivity index (χ4v) is 4.26. The third-order valence-electron chi connectivity index (χ3n) is 5.75. The standard InChI is InChI=1S/C25H28N4O/c1-2-7-23-28-21-10-5-6-11-22(30)24(21)29(23)16-17-12-14-18(15-13-17)19-8-3-4-9-20(19)25(26)27/h3-4,8-9,12-15H,2,5-7,10-11,16H2,1H3,(H3,26,27). The van der Waals surface area contributed by atoms with Gasteiger partial charge in [0, 0.05) is 24.9 Å². The number of benzene rings is 2. The molecule has 1 aliphatic rings. The van der Waals surface area contributed by atoms with Crippen molar-refractivity contribution < 1.29 is 4.79 Å². The summed E-state index contributed by atoms with van der Waals surface area (Å²) in [6.07, 6.45) is 5.37. The Morgan fingerprint density at radius 2 is 1.83 bits per heavy atom. The van der Waals surface area contributed by atoms with Gasteiger partial charge in [-0.3, -0.25) is 10.2 Å². The van der Waals surface area contributed by atoms with Crippen LogP contribution in [-0.2, 0) is 19.4 Å². The van der Waals surface area contributed by atoms with Gasteiger partial charge in [0.15, 0.2) is 5.78 Å². The molecule has 0 amide bonds. The van der Waals surface area contributed by atoms with Crippen LogP contribution in [-0.4, -0.2) is 21.2 Å². The number of rotatable bonds is 6. The molecule has 0 spiro atoms. The molecule has 0 unspecified atom stereocenters. The van der Waals surface area contributed by atoms with Crippen molar-refractivity contribution in [3.05, 3.63) is 76.9 Å². The van der Waals surface area contributed by atoms with Gasteiger partial charge >= 0.3 is 0 Å². The van der Waals surface area contributed by atoms with Crippen molar-refractivity contribution >= 4 is 11.6 Å². The van der Waals surface area contributed by atoms with E-state index in [1.807, 2.05) is 24.3 Å². The highest BCUT2D eigenvalue weighted by atomic mass is 16.1. The van der Waals surface area contributed by atoms with E-state index in [1.165, 1.54) is 0 Å². The van der Waals surface area contributed by atoms with Crippen molar-refractivity contribution in [2.75, 3.05) is 0 Å². The molecular formula is C25H28N4O. The van der Waals surface area contributed by atoms with E-state index in [4.69, 9.17) is 16.1 Å². The Bertz CT molecular complexity index is 1080. The molecule has 5 nitrogen and oxygen atoms in total. The maximum Gasteiger partial charge on any atom is 0.181 e. The fourth-order valence-electron chi connectivity index (χ4n) is 4.26. The highest BCUT2D eigenvalue weighted by Gasteiger charge is 2.24. The maximum atomic E-state index is 12.8. The Kier molecular flexibility index (Phi) is 5.79. The highest BCUT2D eigenvalue weighted by Crippen LogP contribution is 2.26. The van der Waals surface area contributed by atoms with Crippen LogP contribution in [0.2, 0.25) is 0 Å². The minimum absolute atomic E-state index is 0.0681. The third-order valence-corrected chi connectivity index (χ3v) is 5.75. The quantitative estimate of drug-likeness (QED) is 0.356. The maximum absolute atomic E-state index is 12.8. The number of carbonyl (C=O) groups is 1. The molecule has 0 aliphatic heterocycles. The second kappa shape index (κ2) is 8.66. The minimum atomic E-state index is 0.0681. The molecule has 0 bridgehead atoms. The summed E-state index contributed by atoms with van der Waals surface area (Å²) in [6.45, 7) is 2.80. The summed E-state index contributed by atoms with van der Waals surface area (Å²) < 4.78 is 2.14. The summed E-state index contributed by atoms with van der Waals surface area (Å²) in [5.41, 5.74) is 11.4. The molecule has 3 N–H and O–H groups in total. The number of aromatic nitrogens is 2. The zero-order valence-corrected chi connectivity index (χ0v) is 17.4. The van der Waals surface area contributed by atoms with Gasteiger partial charge in [0.05, 0.1) is 5.69 Å². The Morgan fingerprint density at radius 3 is 2.57 bits per heavy atom. The summed E-state index contributed by atoms with van der Waals surface area (Å²) in [4.78, 5) is 17.6. The molecule has 0 saturated carbocycles. The van der Waals surface area contributed by atoms with Crippen LogP contribution in [0.5, 0.6) is 0 Å². The smallest absolute Gasteiger partial charge is 0.181 e. The lowest BCUT2D eigenvalue weighted by Crippen LogP contribution is -2.13. The van der Waals surface area contributed by atoms with Gasteiger partial charge in [-0.05, 0) is 42.4 Å². The van der Waals surface area contributed by atoms with Crippen molar-refractivity contribution in [2.24, 2.45) is 5.73 Å². The predicted octanol–water partition coefficient (Wildman–Crippen LogP) is 4.74. The number of nitrogens with one attached hydrogen (secondary N) is 1. The molecule has 5 heteroatoms. The van der Waals surface area contributed by atoms with Gasteiger partial charge in [-0.25, -0.2) is 4.98 Å². The van der Waals surface area contributed by atoms with Crippen molar-refractivity contribution in [3.8, 4) is 11.1 Å². The van der Waals surface area contributed by atoms with Gasteiger partial charge < -0.3 is 10.3 Å². The second-order valence-electron chi connectivity index (χ2n) is 7.95. The average molecular weight is 401 g/mol. The number of hydrogen-bond donors (Lipinski definition) is 2. The van der Waals surface area contributed by atoms with Gasteiger partial charge in [0.25, 0.3) is 0 Å². The van der Waals surface area contributed by atoms with Crippen LogP contribution in [0.3, 0.4) is 0 Å². The number of amidine groups is 1. The van der Waals surface area contributed by atoms with Crippen molar-refractivity contribution in [2.45, 2.75) is 52.0 Å². The molecule has 30 heavy (non-hydrogen) atoms. The van der Waals surface area contributed by atoms with Crippen LogP contribution in [0.1, 0.15) is 65.7 Å². The predicted molar refractivity (Wildman–Crippen MR) is 120 cm³/mol. The number of fused-ring (bicyclic) bond motifs is 1. The zero-order valence-electron chi connectivity index (χ0n) is 17.4. The summed E-state index contributed by atoms with van der Waals surface area (Å²) in [5.74, 6) is 1.31. The molecule has 1 aromatic heterocycles. The summed E-state index contributed by atoms with van der Waals surface area (Å²) in [5, 5.41) is 7.82. The number of ketones is 1. The lowest BCUT2D eigenvalue weighted by Gasteiger charge is -2.13. The minimum Gasteiger partial charge on any atom is -0.384 e. The van der Waals surface area contributed by atoms with E-state index in [9.17, 15) is 4.79 Å². The molecule has 1 aliphatic carbocycles. The Morgan fingerprint density at radius 1 is 1.10 bits per heavy atom. The highest BCUT2D eigenvalue weighted by molar-refractivity contribution is 6.01. The molecule has 0 fully saturated rings. The van der Waals surface area contributed by atoms with Crippen LogP contribution in [0.4, 0.5) is 0 Å². The lowest BCUT2D eigenvalue weighted by atomic mass is 9.98. The largest absolute Gasteiger partial charge is 0.384 e. The second-order valence-corrected chi connectivity index (χ2v) is 7.95. The SMILES string of the molecule is CCCc1nc2c(n1Cc1ccc(-c3ccccc3C(=N)N)cc1)C(=O)CCCC2. The summed E-state index contributed by atoms with van der Waals surface area (Å²) >= 11 is 0. The first-order valence-electron chi connectivity index (χ1n) is 10.7. The molecule has 0 atom stereocenters. The number of nitrogen functional groups attached to an aromatic ring is 1. The molecule has 0 saturated heterocycles. The number of aryl methyl sites for hydroxylation is 2. The van der Waals surface area contributed by atoms with Crippen molar-refractivity contribution in [1.82, 2.24) is 9.55 Å². The van der Waals surface area contributed by atoms with Gasteiger partial charge in [0.1, 0.15) is 17.4 Å². The number of Topliss-reactive ketones (excluding diaryl/α,β-unsaturated/α-hetero) is 1. The molecule has 4 rings (SSSR count). The third kappa shape index (κ3) is 3.92. The van der Waals surface area contributed by atoms with Crippen molar-refractivity contribution in [1.29, 1.82) is 5.41 Å². The van der Waals surface area contributed by atoms with Crippen molar-refractivity contribution in [3.63, 3.8) is 0 Å². The van der Waals surface area contributed by atoms with E-state index in [0.717, 1.165) is 71.6 Å². The van der Waals surface area contributed by atoms with Crippen LogP contribution < -0.4 is 5.73 Å². The van der Waals surface area contributed by atoms with Crippen LogP contribution in [0.25, 0.3) is 11.1 Å². The molecular weight excluding hydrogens is 372 g/mol. The average Bonchev–Trinajstić information content (AvgIpc) is 2.97. The van der Waals surface area contributed by atoms with Crippen LogP contribution in [0.15, 0.2) is 48.5 Å². The number of imidazole rings is 1. The van der Waals surface area contributed by atoms with Gasteiger partial charge in [-0.15, -0.1) is 0 Å².